The van der Waals surface area contributed by atoms with Gasteiger partial charge in [0.25, 0.3) is 0 Å². The third-order valence-corrected chi connectivity index (χ3v) is 5.88. The van der Waals surface area contributed by atoms with Crippen molar-refractivity contribution in [2.24, 2.45) is 22.2 Å². The predicted octanol–water partition coefficient (Wildman–Crippen LogP) is 2.87. The molecule has 7 heteroatoms. The minimum absolute atomic E-state index is 0. The molecule has 2 rings (SSSR count). The molecule has 158 valence electrons. The van der Waals surface area contributed by atoms with Crippen LogP contribution in [0.3, 0.4) is 0 Å². The fraction of sp³-hybridized carbons (Fsp3) is 0.900. The molecule has 1 atom stereocenters. The number of nitrogens with zero attached hydrogens (tertiary/aromatic N) is 2. The molecule has 2 aliphatic rings. The molecule has 0 radical (unpaired) electrons. The molecule has 0 aromatic heterocycles. The van der Waals surface area contributed by atoms with Crippen molar-refractivity contribution in [3.05, 3.63) is 0 Å². The average molecular weight is 494 g/mol. The molecule has 1 unspecified atom stereocenters. The SMILES string of the molecule is CN(C)C(=O)CN=C(NCC1CCOC1)NCC(C)(C)C1CCCCC1.I. The van der Waals surface area contributed by atoms with Gasteiger partial charge in [0.05, 0.1) is 6.61 Å². The fourth-order valence-corrected chi connectivity index (χ4v) is 3.79. The van der Waals surface area contributed by atoms with Gasteiger partial charge in [0.2, 0.25) is 5.91 Å². The second-order valence-electron chi connectivity index (χ2n) is 8.74. The summed E-state index contributed by atoms with van der Waals surface area (Å²) in [6, 6.07) is 0. The van der Waals surface area contributed by atoms with E-state index in [-0.39, 0.29) is 41.8 Å². The van der Waals surface area contributed by atoms with Crippen molar-refractivity contribution in [1.82, 2.24) is 15.5 Å². The van der Waals surface area contributed by atoms with Crippen LogP contribution in [0, 0.1) is 17.3 Å². The van der Waals surface area contributed by atoms with Crippen molar-refractivity contribution in [1.29, 1.82) is 0 Å². The maximum Gasteiger partial charge on any atom is 0.243 e. The number of nitrogens with one attached hydrogen (secondary N) is 2. The second kappa shape index (κ2) is 12.1. The number of ether oxygens (including phenoxy) is 1. The smallest absolute Gasteiger partial charge is 0.243 e. The van der Waals surface area contributed by atoms with E-state index in [2.05, 4.69) is 29.5 Å². The average Bonchev–Trinajstić information content (AvgIpc) is 3.15. The number of guanidine groups is 1. The number of hydrogen-bond acceptors (Lipinski definition) is 3. The first-order valence-corrected chi connectivity index (χ1v) is 10.2. The van der Waals surface area contributed by atoms with Crippen LogP contribution >= 0.6 is 24.0 Å². The van der Waals surface area contributed by atoms with E-state index in [4.69, 9.17) is 4.74 Å². The number of hydrogen-bond donors (Lipinski definition) is 2. The Morgan fingerprint density at radius 3 is 2.44 bits per heavy atom. The number of aliphatic imine (C=N–C) groups is 1. The lowest BCUT2D eigenvalue weighted by Crippen LogP contribution is -2.46. The third-order valence-electron chi connectivity index (χ3n) is 5.88. The van der Waals surface area contributed by atoms with Crippen molar-refractivity contribution in [3.8, 4) is 0 Å². The highest BCUT2D eigenvalue weighted by Crippen LogP contribution is 2.37. The molecule has 1 heterocycles. The molecule has 1 aliphatic heterocycles. The molecule has 0 aromatic carbocycles. The monoisotopic (exact) mass is 494 g/mol. The molecule has 1 amide bonds. The van der Waals surface area contributed by atoms with Crippen LogP contribution in [0.2, 0.25) is 0 Å². The lowest BCUT2D eigenvalue weighted by molar-refractivity contribution is -0.127. The van der Waals surface area contributed by atoms with Crippen molar-refractivity contribution >= 4 is 35.8 Å². The Morgan fingerprint density at radius 2 is 1.85 bits per heavy atom. The first-order valence-electron chi connectivity index (χ1n) is 10.2. The fourth-order valence-electron chi connectivity index (χ4n) is 3.79. The summed E-state index contributed by atoms with van der Waals surface area (Å²) in [5.74, 6) is 2.05. The molecule has 6 nitrogen and oxygen atoms in total. The zero-order valence-electron chi connectivity index (χ0n) is 17.6. The van der Waals surface area contributed by atoms with Gasteiger partial charge in [-0.1, -0.05) is 33.1 Å². The summed E-state index contributed by atoms with van der Waals surface area (Å²) >= 11 is 0. The zero-order chi connectivity index (χ0) is 19.0. The van der Waals surface area contributed by atoms with Crippen LogP contribution in [0.4, 0.5) is 0 Å². The van der Waals surface area contributed by atoms with E-state index in [1.165, 1.54) is 32.1 Å². The second-order valence-corrected chi connectivity index (χ2v) is 8.74. The molecule has 2 N–H and O–H groups in total. The molecule has 1 aliphatic carbocycles. The lowest BCUT2D eigenvalue weighted by Gasteiger charge is -2.37. The van der Waals surface area contributed by atoms with Crippen LogP contribution in [-0.4, -0.2) is 63.7 Å². The Hall–Kier alpha value is -0.570. The van der Waals surface area contributed by atoms with Crippen LogP contribution in [0.1, 0.15) is 52.4 Å². The number of carbonyl (C=O) groups is 1. The van der Waals surface area contributed by atoms with Crippen LogP contribution in [0.5, 0.6) is 0 Å². The summed E-state index contributed by atoms with van der Waals surface area (Å²) in [5.41, 5.74) is 0.227. The van der Waals surface area contributed by atoms with E-state index in [1.807, 2.05) is 0 Å². The predicted molar refractivity (Wildman–Crippen MR) is 122 cm³/mol. The molecule has 0 aromatic rings. The molecule has 1 saturated carbocycles. The lowest BCUT2D eigenvalue weighted by atomic mass is 9.71. The Balaban J connectivity index is 0.00000364. The van der Waals surface area contributed by atoms with Gasteiger partial charge >= 0.3 is 0 Å². The quantitative estimate of drug-likeness (QED) is 0.325. The van der Waals surface area contributed by atoms with Crippen LogP contribution < -0.4 is 10.6 Å². The van der Waals surface area contributed by atoms with Crippen molar-refractivity contribution < 1.29 is 9.53 Å². The highest BCUT2D eigenvalue weighted by atomic mass is 127. The molecular formula is C20H39IN4O2. The summed E-state index contributed by atoms with van der Waals surface area (Å²) in [5, 5.41) is 6.92. The summed E-state index contributed by atoms with van der Waals surface area (Å²) in [6.07, 6.45) is 7.83. The maximum absolute atomic E-state index is 11.9. The number of carbonyl (C=O) groups excluding carboxylic acids is 1. The Morgan fingerprint density at radius 1 is 1.15 bits per heavy atom. The van der Waals surface area contributed by atoms with Crippen molar-refractivity contribution in [2.45, 2.75) is 52.4 Å². The summed E-state index contributed by atoms with van der Waals surface area (Å²) in [7, 11) is 3.53. The maximum atomic E-state index is 11.9. The van der Waals surface area contributed by atoms with Gasteiger partial charge in [0.1, 0.15) is 6.54 Å². The van der Waals surface area contributed by atoms with E-state index in [1.54, 1.807) is 19.0 Å². The molecular weight excluding hydrogens is 455 g/mol. The Kier molecular flexibility index (Phi) is 11.0. The van der Waals surface area contributed by atoms with Crippen molar-refractivity contribution in [3.63, 3.8) is 0 Å². The van der Waals surface area contributed by atoms with Crippen LogP contribution in [-0.2, 0) is 9.53 Å². The number of amides is 1. The van der Waals surface area contributed by atoms with Gasteiger partial charge in [-0.05, 0) is 30.6 Å². The topological polar surface area (TPSA) is 66.0 Å². The van der Waals surface area contributed by atoms with E-state index in [0.29, 0.717) is 5.92 Å². The summed E-state index contributed by atoms with van der Waals surface area (Å²) in [4.78, 5) is 18.0. The van der Waals surface area contributed by atoms with Gasteiger partial charge < -0.3 is 20.3 Å². The third kappa shape index (κ3) is 8.54. The molecule has 2 fully saturated rings. The minimum atomic E-state index is 0. The van der Waals surface area contributed by atoms with E-state index in [9.17, 15) is 4.79 Å². The number of likely N-dealkylation sites (N-methyl/N-ethyl adjacent to an activating group) is 1. The molecule has 0 spiro atoms. The van der Waals surface area contributed by atoms with E-state index >= 15 is 0 Å². The van der Waals surface area contributed by atoms with Gasteiger partial charge in [-0.3, -0.25) is 4.79 Å². The highest BCUT2D eigenvalue weighted by Gasteiger charge is 2.30. The standard InChI is InChI=1S/C20H38N4O2.HI/c1-20(2,17-8-6-5-7-9-17)15-23-19(22-13-18(25)24(3)4)21-12-16-10-11-26-14-16;/h16-17H,5-15H2,1-4H3,(H2,21,22,23);1H. The largest absolute Gasteiger partial charge is 0.381 e. The normalized spacial score (nSPS) is 21.5. The molecule has 27 heavy (non-hydrogen) atoms. The van der Waals surface area contributed by atoms with Crippen molar-refractivity contribution in [2.75, 3.05) is 46.9 Å². The van der Waals surface area contributed by atoms with Gasteiger partial charge in [-0.25, -0.2) is 4.99 Å². The molecule has 1 saturated heterocycles. The van der Waals surface area contributed by atoms with Gasteiger partial charge in [0.15, 0.2) is 5.96 Å². The summed E-state index contributed by atoms with van der Waals surface area (Å²) in [6.45, 7) is 8.25. The zero-order valence-corrected chi connectivity index (χ0v) is 19.9. The van der Waals surface area contributed by atoms with Crippen LogP contribution in [0.25, 0.3) is 0 Å². The first kappa shape index (κ1) is 24.5. The summed E-state index contributed by atoms with van der Waals surface area (Å²) < 4.78 is 5.45. The van der Waals surface area contributed by atoms with E-state index < -0.39 is 0 Å². The molecule has 0 bridgehead atoms. The van der Waals surface area contributed by atoms with Gasteiger partial charge in [-0.15, -0.1) is 24.0 Å². The first-order chi connectivity index (χ1) is 12.4. The Labute approximate surface area is 182 Å². The van der Waals surface area contributed by atoms with Gasteiger partial charge in [-0.2, -0.15) is 0 Å². The number of rotatable bonds is 7. The highest BCUT2D eigenvalue weighted by molar-refractivity contribution is 14.0. The van der Waals surface area contributed by atoms with E-state index in [0.717, 1.165) is 44.6 Å². The Bertz CT molecular complexity index is 471. The number of halogens is 1. The van der Waals surface area contributed by atoms with Gasteiger partial charge in [0, 0.05) is 39.7 Å². The van der Waals surface area contributed by atoms with Crippen LogP contribution in [0.15, 0.2) is 4.99 Å². The minimum Gasteiger partial charge on any atom is -0.381 e.